The summed E-state index contributed by atoms with van der Waals surface area (Å²) in [5, 5.41) is 0. The van der Waals surface area contributed by atoms with Crippen molar-refractivity contribution in [2.75, 3.05) is 6.54 Å². The van der Waals surface area contributed by atoms with E-state index in [4.69, 9.17) is 0 Å². The van der Waals surface area contributed by atoms with Crippen LogP contribution in [0.2, 0.25) is 0 Å². The van der Waals surface area contributed by atoms with Crippen LogP contribution in [0.4, 0.5) is 4.39 Å². The van der Waals surface area contributed by atoms with E-state index >= 15 is 0 Å². The van der Waals surface area contributed by atoms with Gasteiger partial charge in [0.1, 0.15) is 17.1 Å². The van der Waals surface area contributed by atoms with Gasteiger partial charge in [-0.1, -0.05) is 42.5 Å². The quantitative estimate of drug-likeness (QED) is 0.466. The van der Waals surface area contributed by atoms with Gasteiger partial charge < -0.3 is 4.90 Å². The molecule has 5 nitrogen and oxygen atoms in total. The highest BCUT2D eigenvalue weighted by Gasteiger charge is 2.16. The van der Waals surface area contributed by atoms with E-state index in [1.165, 1.54) is 34.4 Å². The van der Waals surface area contributed by atoms with Gasteiger partial charge in [-0.25, -0.2) is 9.37 Å². The third kappa shape index (κ3) is 4.16. The second-order valence-electron chi connectivity index (χ2n) is 6.91. The molecule has 152 valence electrons. The molecule has 4 aromatic rings. The first-order valence-corrected chi connectivity index (χ1v) is 10.4. The first-order valence-electron chi connectivity index (χ1n) is 9.61. The molecule has 2 heterocycles. The Kier molecular flexibility index (Phi) is 5.72. The third-order valence-corrected chi connectivity index (χ3v) is 6.03. The number of aromatic nitrogens is 2. The van der Waals surface area contributed by atoms with E-state index < -0.39 is 0 Å². The standard InChI is InChI=1S/C23H20FN3O2S/c1-2-26(13-16-7-6-10-18(24)11-16)21(28)14-27-15-25-19-12-20(30-22(19)23(27)29)17-8-4-3-5-9-17/h3-12,15H,2,13-14H2,1H3. The number of hydrogen-bond donors (Lipinski definition) is 0. The fraction of sp³-hybridized carbons (Fsp3) is 0.174. The maximum Gasteiger partial charge on any atom is 0.271 e. The van der Waals surface area contributed by atoms with Crippen LogP contribution in [-0.2, 0) is 17.9 Å². The lowest BCUT2D eigenvalue weighted by molar-refractivity contribution is -0.132. The van der Waals surface area contributed by atoms with Crippen LogP contribution >= 0.6 is 11.3 Å². The number of rotatable bonds is 6. The molecule has 0 aliphatic rings. The smallest absolute Gasteiger partial charge is 0.271 e. The van der Waals surface area contributed by atoms with Crippen LogP contribution in [0, 0.1) is 5.82 Å². The van der Waals surface area contributed by atoms with E-state index in [9.17, 15) is 14.0 Å². The van der Waals surface area contributed by atoms with Gasteiger partial charge in [0.25, 0.3) is 5.56 Å². The van der Waals surface area contributed by atoms with Crippen LogP contribution in [0.3, 0.4) is 0 Å². The highest BCUT2D eigenvalue weighted by molar-refractivity contribution is 7.22. The van der Waals surface area contributed by atoms with Gasteiger partial charge in [-0.2, -0.15) is 0 Å². The van der Waals surface area contributed by atoms with E-state index in [0.717, 1.165) is 10.4 Å². The molecular formula is C23H20FN3O2S. The first-order chi connectivity index (χ1) is 14.5. The van der Waals surface area contributed by atoms with E-state index in [2.05, 4.69) is 4.98 Å². The Bertz CT molecular complexity index is 1250. The van der Waals surface area contributed by atoms with Gasteiger partial charge in [0.15, 0.2) is 0 Å². The zero-order valence-electron chi connectivity index (χ0n) is 16.4. The van der Waals surface area contributed by atoms with Gasteiger partial charge in [0.2, 0.25) is 5.91 Å². The molecule has 30 heavy (non-hydrogen) atoms. The second kappa shape index (κ2) is 8.59. The minimum atomic E-state index is -0.339. The van der Waals surface area contributed by atoms with Crippen molar-refractivity contribution in [3.63, 3.8) is 0 Å². The molecule has 0 saturated heterocycles. The molecule has 2 aromatic carbocycles. The van der Waals surface area contributed by atoms with E-state index in [0.29, 0.717) is 22.3 Å². The summed E-state index contributed by atoms with van der Waals surface area (Å²) in [6, 6.07) is 17.9. The van der Waals surface area contributed by atoms with Gasteiger partial charge in [-0.15, -0.1) is 11.3 Å². The summed E-state index contributed by atoms with van der Waals surface area (Å²) in [5.41, 5.74) is 2.12. The topological polar surface area (TPSA) is 55.2 Å². The molecule has 0 aliphatic heterocycles. The predicted octanol–water partition coefficient (Wildman–Crippen LogP) is 4.31. The summed E-state index contributed by atoms with van der Waals surface area (Å²) in [7, 11) is 0. The Labute approximate surface area is 177 Å². The number of carbonyl (C=O) groups is 1. The lowest BCUT2D eigenvalue weighted by atomic mass is 10.2. The Morgan fingerprint density at radius 2 is 1.93 bits per heavy atom. The van der Waals surface area contributed by atoms with Crippen LogP contribution in [-0.4, -0.2) is 26.9 Å². The number of amides is 1. The molecule has 1 amide bonds. The summed E-state index contributed by atoms with van der Waals surface area (Å²) in [5.74, 6) is -0.557. The largest absolute Gasteiger partial charge is 0.337 e. The minimum absolute atomic E-state index is 0.108. The van der Waals surface area contributed by atoms with Crippen molar-refractivity contribution < 1.29 is 9.18 Å². The maximum atomic E-state index is 13.4. The van der Waals surface area contributed by atoms with Gasteiger partial charge in [-0.3, -0.25) is 14.2 Å². The zero-order valence-corrected chi connectivity index (χ0v) is 17.2. The third-order valence-electron chi connectivity index (χ3n) is 4.86. The predicted molar refractivity (Wildman–Crippen MR) is 117 cm³/mol. The van der Waals surface area contributed by atoms with Crippen molar-refractivity contribution in [2.45, 2.75) is 20.0 Å². The molecule has 7 heteroatoms. The van der Waals surface area contributed by atoms with Crippen LogP contribution in [0.25, 0.3) is 20.7 Å². The summed E-state index contributed by atoms with van der Waals surface area (Å²) in [6.07, 6.45) is 1.42. The highest BCUT2D eigenvalue weighted by Crippen LogP contribution is 2.30. The number of halogens is 1. The van der Waals surface area contributed by atoms with Crippen LogP contribution in [0.15, 0.2) is 71.8 Å². The van der Waals surface area contributed by atoms with Crippen LogP contribution < -0.4 is 5.56 Å². The lowest BCUT2D eigenvalue weighted by Crippen LogP contribution is -2.36. The molecule has 0 atom stereocenters. The number of nitrogens with zero attached hydrogens (tertiary/aromatic N) is 3. The number of carbonyl (C=O) groups excluding carboxylic acids is 1. The molecule has 0 fully saturated rings. The summed E-state index contributed by atoms with van der Waals surface area (Å²) in [6.45, 7) is 2.49. The number of hydrogen-bond acceptors (Lipinski definition) is 4. The van der Waals surface area contributed by atoms with Crippen molar-refractivity contribution >= 4 is 27.5 Å². The number of likely N-dealkylation sites (N-methyl/N-ethyl adjacent to an activating group) is 1. The molecule has 2 aromatic heterocycles. The number of thiophene rings is 1. The van der Waals surface area contributed by atoms with Gasteiger partial charge in [0, 0.05) is 18.0 Å². The Hall–Kier alpha value is -3.32. The van der Waals surface area contributed by atoms with Crippen molar-refractivity contribution in [1.29, 1.82) is 0 Å². The van der Waals surface area contributed by atoms with E-state index in [-0.39, 0.29) is 30.4 Å². The monoisotopic (exact) mass is 421 g/mol. The van der Waals surface area contributed by atoms with Gasteiger partial charge >= 0.3 is 0 Å². The molecule has 0 spiro atoms. The van der Waals surface area contributed by atoms with Crippen molar-refractivity contribution in [1.82, 2.24) is 14.5 Å². The summed E-state index contributed by atoms with van der Waals surface area (Å²) in [4.78, 5) is 32.7. The molecule has 0 radical (unpaired) electrons. The number of benzene rings is 2. The molecule has 0 unspecified atom stereocenters. The van der Waals surface area contributed by atoms with Crippen molar-refractivity contribution in [2.24, 2.45) is 0 Å². The Morgan fingerprint density at radius 3 is 2.67 bits per heavy atom. The van der Waals surface area contributed by atoms with E-state index in [1.807, 2.05) is 43.3 Å². The van der Waals surface area contributed by atoms with Crippen molar-refractivity contribution in [3.8, 4) is 10.4 Å². The molecule has 0 N–H and O–H groups in total. The van der Waals surface area contributed by atoms with Crippen LogP contribution in [0.1, 0.15) is 12.5 Å². The summed E-state index contributed by atoms with van der Waals surface area (Å²) >= 11 is 1.37. The average Bonchev–Trinajstić information content (AvgIpc) is 3.20. The van der Waals surface area contributed by atoms with Crippen LogP contribution in [0.5, 0.6) is 0 Å². The zero-order chi connectivity index (χ0) is 21.1. The first kappa shape index (κ1) is 20.0. The lowest BCUT2D eigenvalue weighted by Gasteiger charge is -2.21. The molecule has 0 bridgehead atoms. The van der Waals surface area contributed by atoms with Gasteiger partial charge in [0.05, 0.1) is 11.8 Å². The molecule has 0 aliphatic carbocycles. The Balaban J connectivity index is 1.57. The fourth-order valence-corrected chi connectivity index (χ4v) is 4.35. The van der Waals surface area contributed by atoms with Crippen molar-refractivity contribution in [3.05, 3.63) is 88.7 Å². The molecular weight excluding hydrogens is 401 g/mol. The average molecular weight is 421 g/mol. The highest BCUT2D eigenvalue weighted by atomic mass is 32.1. The van der Waals surface area contributed by atoms with Gasteiger partial charge in [-0.05, 0) is 36.2 Å². The normalized spacial score (nSPS) is 11.0. The summed E-state index contributed by atoms with van der Waals surface area (Å²) < 4.78 is 15.3. The maximum absolute atomic E-state index is 13.4. The minimum Gasteiger partial charge on any atom is -0.337 e. The molecule has 4 rings (SSSR count). The Morgan fingerprint density at radius 1 is 1.13 bits per heavy atom. The second-order valence-corrected chi connectivity index (χ2v) is 7.96. The van der Waals surface area contributed by atoms with E-state index in [1.54, 1.807) is 17.0 Å². The number of fused-ring (bicyclic) bond motifs is 1. The molecule has 0 saturated carbocycles. The SMILES string of the molecule is CCN(Cc1cccc(F)c1)C(=O)Cn1cnc2cc(-c3ccccc3)sc2c1=O. The fourth-order valence-electron chi connectivity index (χ4n) is 3.28.